The van der Waals surface area contributed by atoms with Crippen LogP contribution in [-0.2, 0) is 11.3 Å². The molecule has 4 rings (SSSR count). The standard InChI is InChI=1S/C25H20BF3NO2.K/c1-3-17-12-19(26(27,28)29)13-18(16(17)2)14-30-25(31)32-15-24-22-10-6-4-8-20(22)21-9-5-7-11-23(21)24;/h1,4-13,24H,14-15H2,2H3,(H,30,31);/q-1;+1. The number of hydrogen-bond acceptors (Lipinski definition) is 2. The minimum Gasteiger partial charge on any atom is -0.449 e. The summed E-state index contributed by atoms with van der Waals surface area (Å²) in [5.41, 5.74) is 4.59. The number of nitrogens with one attached hydrogen (secondary N) is 1. The van der Waals surface area contributed by atoms with Crippen molar-refractivity contribution >= 4 is 18.5 Å². The minimum atomic E-state index is -5.21. The first kappa shape index (κ1) is 25.6. The molecule has 0 atom stereocenters. The third-order valence-electron chi connectivity index (χ3n) is 5.84. The Balaban J connectivity index is 0.00000306. The number of carbonyl (C=O) groups is 1. The van der Waals surface area contributed by atoms with Crippen LogP contribution in [0.25, 0.3) is 11.1 Å². The molecule has 0 bridgehead atoms. The van der Waals surface area contributed by atoms with Crippen LogP contribution in [0.15, 0.2) is 60.7 Å². The Morgan fingerprint density at radius 2 is 1.64 bits per heavy atom. The summed E-state index contributed by atoms with van der Waals surface area (Å²) in [5, 5.41) is 2.55. The SMILES string of the molecule is C#Cc1cc([B-](F)(F)F)cc(CNC(=O)OCC2c3ccccc3-c3ccccc32)c1C.[K+]. The molecule has 1 N–H and O–H groups in total. The maximum Gasteiger partial charge on any atom is 1.00 e. The maximum absolute atomic E-state index is 13.2. The molecule has 0 heterocycles. The molecule has 0 saturated carbocycles. The van der Waals surface area contributed by atoms with Gasteiger partial charge in [-0.05, 0) is 40.3 Å². The van der Waals surface area contributed by atoms with Crippen LogP contribution in [-0.4, -0.2) is 19.7 Å². The van der Waals surface area contributed by atoms with Gasteiger partial charge in [-0.3, -0.25) is 0 Å². The van der Waals surface area contributed by atoms with Gasteiger partial charge in [-0.25, -0.2) is 4.79 Å². The first-order chi connectivity index (χ1) is 15.3. The predicted molar refractivity (Wildman–Crippen MR) is 120 cm³/mol. The van der Waals surface area contributed by atoms with Gasteiger partial charge >= 0.3 is 64.5 Å². The van der Waals surface area contributed by atoms with Crippen molar-refractivity contribution in [2.75, 3.05) is 6.61 Å². The second-order valence-corrected chi connectivity index (χ2v) is 7.75. The van der Waals surface area contributed by atoms with Gasteiger partial charge in [0.2, 0.25) is 0 Å². The number of rotatable bonds is 5. The van der Waals surface area contributed by atoms with Crippen molar-refractivity contribution in [1.29, 1.82) is 0 Å². The smallest absolute Gasteiger partial charge is 0.449 e. The van der Waals surface area contributed by atoms with Gasteiger partial charge in [0.05, 0.1) is 0 Å². The van der Waals surface area contributed by atoms with Gasteiger partial charge in [-0.1, -0.05) is 66.6 Å². The number of fused-ring (bicyclic) bond motifs is 3. The normalized spacial score (nSPS) is 12.2. The zero-order valence-electron chi connectivity index (χ0n) is 18.4. The summed E-state index contributed by atoms with van der Waals surface area (Å²) in [4.78, 5) is 12.4. The van der Waals surface area contributed by atoms with Crippen LogP contribution >= 0.6 is 0 Å². The largest absolute Gasteiger partial charge is 1.00 e. The van der Waals surface area contributed by atoms with E-state index in [0.29, 0.717) is 11.1 Å². The predicted octanol–water partition coefficient (Wildman–Crippen LogP) is 2.07. The van der Waals surface area contributed by atoms with Crippen LogP contribution in [0.5, 0.6) is 0 Å². The zero-order valence-corrected chi connectivity index (χ0v) is 21.5. The topological polar surface area (TPSA) is 38.3 Å². The Morgan fingerprint density at radius 3 is 2.18 bits per heavy atom. The average molecular weight is 473 g/mol. The number of amides is 1. The molecule has 1 aliphatic rings. The minimum absolute atomic E-state index is 0. The van der Waals surface area contributed by atoms with E-state index in [1.54, 1.807) is 6.92 Å². The number of ether oxygens (including phenoxy) is 1. The maximum atomic E-state index is 13.2. The average Bonchev–Trinajstić information content (AvgIpc) is 3.10. The van der Waals surface area contributed by atoms with Gasteiger partial charge in [0.15, 0.2) is 0 Å². The van der Waals surface area contributed by atoms with Crippen molar-refractivity contribution in [1.82, 2.24) is 5.32 Å². The summed E-state index contributed by atoms with van der Waals surface area (Å²) in [7, 11) is 0. The van der Waals surface area contributed by atoms with E-state index >= 15 is 0 Å². The molecule has 0 unspecified atom stereocenters. The second-order valence-electron chi connectivity index (χ2n) is 7.75. The number of carbonyl (C=O) groups excluding carboxylic acids is 1. The van der Waals surface area contributed by atoms with Crippen LogP contribution in [0.2, 0.25) is 0 Å². The molecule has 0 spiro atoms. The van der Waals surface area contributed by atoms with Gasteiger partial charge in [-0.15, -0.1) is 11.9 Å². The molecule has 0 saturated heterocycles. The number of terminal acetylenes is 1. The zero-order chi connectivity index (χ0) is 22.9. The van der Waals surface area contributed by atoms with Crippen LogP contribution in [0.3, 0.4) is 0 Å². The van der Waals surface area contributed by atoms with Crippen molar-refractivity contribution in [3.8, 4) is 23.5 Å². The fourth-order valence-electron chi connectivity index (χ4n) is 4.14. The molecular weight excluding hydrogens is 453 g/mol. The van der Waals surface area contributed by atoms with Gasteiger partial charge in [0.25, 0.3) is 0 Å². The van der Waals surface area contributed by atoms with Crippen molar-refractivity contribution in [2.45, 2.75) is 19.4 Å². The van der Waals surface area contributed by atoms with Crippen molar-refractivity contribution in [3.63, 3.8) is 0 Å². The molecule has 8 heteroatoms. The molecule has 3 aromatic carbocycles. The molecule has 3 nitrogen and oxygen atoms in total. The molecule has 3 aromatic rings. The molecule has 0 fully saturated rings. The first-order valence-electron chi connectivity index (χ1n) is 10.2. The molecule has 0 aromatic heterocycles. The van der Waals surface area contributed by atoms with Crippen molar-refractivity contribution in [2.24, 2.45) is 0 Å². The van der Waals surface area contributed by atoms with Gasteiger partial charge in [-0.2, -0.15) is 0 Å². The van der Waals surface area contributed by atoms with E-state index in [2.05, 4.69) is 11.2 Å². The van der Waals surface area contributed by atoms with E-state index in [-0.39, 0.29) is 76.0 Å². The van der Waals surface area contributed by atoms with Gasteiger partial charge < -0.3 is 23.0 Å². The van der Waals surface area contributed by atoms with Crippen LogP contribution in [0.1, 0.15) is 33.7 Å². The fourth-order valence-corrected chi connectivity index (χ4v) is 4.14. The number of benzene rings is 3. The Hall–Kier alpha value is -2.02. The van der Waals surface area contributed by atoms with Crippen LogP contribution < -0.4 is 62.2 Å². The Labute approximate surface area is 233 Å². The Bertz CT molecular complexity index is 1190. The van der Waals surface area contributed by atoms with Crippen molar-refractivity contribution < 1.29 is 73.9 Å². The molecule has 1 amide bonds. The van der Waals surface area contributed by atoms with Crippen LogP contribution in [0, 0.1) is 19.3 Å². The third-order valence-corrected chi connectivity index (χ3v) is 5.84. The van der Waals surface area contributed by atoms with E-state index in [0.717, 1.165) is 34.4 Å². The molecule has 162 valence electrons. The molecule has 0 aliphatic heterocycles. The Kier molecular flexibility index (Phi) is 8.14. The number of hydrogen-bond donors (Lipinski definition) is 1. The Morgan fingerprint density at radius 1 is 1.06 bits per heavy atom. The summed E-state index contributed by atoms with van der Waals surface area (Å²) in [6, 6.07) is 17.9. The van der Waals surface area contributed by atoms with E-state index in [1.807, 2.05) is 48.5 Å². The van der Waals surface area contributed by atoms with E-state index in [1.165, 1.54) is 0 Å². The fraction of sp³-hybridized carbons (Fsp3) is 0.160. The number of halogens is 3. The molecule has 0 radical (unpaired) electrons. The van der Waals surface area contributed by atoms with Crippen molar-refractivity contribution in [3.05, 3.63) is 88.5 Å². The summed E-state index contributed by atoms with van der Waals surface area (Å²) in [6.07, 6.45) is 4.66. The monoisotopic (exact) mass is 473 g/mol. The van der Waals surface area contributed by atoms with E-state index < -0.39 is 18.5 Å². The van der Waals surface area contributed by atoms with Gasteiger partial charge in [0.1, 0.15) is 6.61 Å². The first-order valence-corrected chi connectivity index (χ1v) is 10.2. The molecule has 1 aliphatic carbocycles. The summed E-state index contributed by atoms with van der Waals surface area (Å²) in [5.74, 6) is 2.18. The van der Waals surface area contributed by atoms with Crippen LogP contribution in [0.4, 0.5) is 17.7 Å². The van der Waals surface area contributed by atoms with E-state index in [9.17, 15) is 17.7 Å². The van der Waals surface area contributed by atoms with E-state index in [4.69, 9.17) is 11.2 Å². The summed E-state index contributed by atoms with van der Waals surface area (Å²) < 4.78 is 45.1. The summed E-state index contributed by atoms with van der Waals surface area (Å²) in [6.45, 7) is -3.56. The van der Waals surface area contributed by atoms with Gasteiger partial charge in [0, 0.05) is 18.0 Å². The summed E-state index contributed by atoms with van der Waals surface area (Å²) >= 11 is 0. The second kappa shape index (κ2) is 10.5. The third kappa shape index (κ3) is 5.39. The molecular formula is C25H20BF3KNO2. The molecule has 33 heavy (non-hydrogen) atoms. The quantitative estimate of drug-likeness (QED) is 0.456. The number of alkyl carbamates (subject to hydrolysis) is 1.